The molecule has 0 unspecified atom stereocenters. The smallest absolute Gasteiger partial charge is 0.331 e. The number of nitrogens with zero attached hydrogens (tertiary/aromatic N) is 3. The number of aryl methyl sites for hydroxylation is 1. The maximum atomic E-state index is 13.6. The molecule has 1 aliphatic heterocycles. The minimum absolute atomic E-state index is 0.0153. The Morgan fingerprint density at radius 2 is 1.81 bits per heavy atom. The molecule has 4 amide bonds. The van der Waals surface area contributed by atoms with Crippen molar-refractivity contribution in [3.63, 3.8) is 0 Å². The molecule has 2 aliphatic rings. The van der Waals surface area contributed by atoms with Crippen LogP contribution in [0.15, 0.2) is 60.8 Å². The lowest BCUT2D eigenvalue weighted by Crippen LogP contribution is -2.47. The van der Waals surface area contributed by atoms with E-state index in [0.29, 0.717) is 45.5 Å². The zero-order chi connectivity index (χ0) is 30.1. The number of thiophene rings is 1. The van der Waals surface area contributed by atoms with E-state index in [1.807, 2.05) is 74.4 Å². The highest BCUT2D eigenvalue weighted by Gasteiger charge is 2.34. The van der Waals surface area contributed by atoms with Crippen molar-refractivity contribution in [1.82, 2.24) is 20.5 Å². The van der Waals surface area contributed by atoms with E-state index in [9.17, 15) is 14.4 Å². The first kappa shape index (κ1) is 28.6. The second-order valence-electron chi connectivity index (χ2n) is 11.3. The number of pyridine rings is 1. The summed E-state index contributed by atoms with van der Waals surface area (Å²) in [4.78, 5) is 48.5. The lowest BCUT2D eigenvalue weighted by atomic mass is 9.91. The molecule has 0 spiro atoms. The number of likely N-dealkylation sites (N-methyl/N-ethyl adjacent to an activating group) is 1. The van der Waals surface area contributed by atoms with Crippen molar-refractivity contribution >= 4 is 56.5 Å². The molecule has 2 atom stereocenters. The molecular weight excluding hydrogens is 564 g/mol. The molecule has 11 heteroatoms. The van der Waals surface area contributed by atoms with Gasteiger partial charge in [-0.2, -0.15) is 0 Å². The molecule has 3 heterocycles. The monoisotopic (exact) mass is 598 g/mol. The van der Waals surface area contributed by atoms with Crippen molar-refractivity contribution in [2.45, 2.75) is 44.7 Å². The maximum absolute atomic E-state index is 13.6. The third-order valence-corrected chi connectivity index (χ3v) is 8.77. The van der Waals surface area contributed by atoms with E-state index < -0.39 is 0 Å². The Bertz CT molecular complexity index is 1690. The predicted octanol–water partition coefficient (Wildman–Crippen LogP) is 5.80. The van der Waals surface area contributed by atoms with E-state index in [-0.39, 0.29) is 29.9 Å². The summed E-state index contributed by atoms with van der Waals surface area (Å²) in [6, 6.07) is 16.5. The molecule has 222 valence electrons. The van der Waals surface area contributed by atoms with Crippen molar-refractivity contribution in [2.24, 2.45) is 0 Å². The number of ether oxygens (including phenoxy) is 1. The summed E-state index contributed by atoms with van der Waals surface area (Å²) in [5.41, 5.74) is 2.71. The van der Waals surface area contributed by atoms with Crippen LogP contribution in [-0.4, -0.2) is 60.5 Å². The molecule has 0 saturated heterocycles. The van der Waals surface area contributed by atoms with Crippen molar-refractivity contribution in [3.8, 4) is 11.5 Å². The quantitative estimate of drug-likeness (QED) is 0.236. The number of benzene rings is 2. The Balaban J connectivity index is 1.23. The van der Waals surface area contributed by atoms with E-state index >= 15 is 0 Å². The summed E-state index contributed by atoms with van der Waals surface area (Å²) in [5.74, 6) is 1.13. The molecule has 43 heavy (non-hydrogen) atoms. The summed E-state index contributed by atoms with van der Waals surface area (Å²) in [6.07, 6.45) is 4.95. The molecule has 6 rings (SSSR count). The number of urea groups is 1. The molecule has 1 aliphatic carbocycles. The molecule has 4 aromatic rings. The first-order valence-corrected chi connectivity index (χ1v) is 15.2. The van der Waals surface area contributed by atoms with Crippen molar-refractivity contribution in [1.29, 1.82) is 0 Å². The van der Waals surface area contributed by atoms with E-state index in [0.717, 1.165) is 36.0 Å². The van der Waals surface area contributed by atoms with Gasteiger partial charge < -0.3 is 25.6 Å². The number of amides is 4. The number of hydrogen-bond acceptors (Lipinski definition) is 7. The number of para-hydroxylation sites is 1. The van der Waals surface area contributed by atoms with Crippen LogP contribution in [0.3, 0.4) is 0 Å². The van der Waals surface area contributed by atoms with Crippen LogP contribution in [0.5, 0.6) is 11.5 Å². The SMILES string of the molecule is Cc1cc(Oc2ccccc2)ccc1N1C(=O)Nc2c(C(=O)N[C@@H]3CCC[C@H](NC(=O)CN(C)C)C3)sc3nccc1c23. The number of rotatable bonds is 8. The van der Waals surface area contributed by atoms with E-state index in [1.54, 1.807) is 17.2 Å². The molecule has 3 N–H and O–H groups in total. The Labute approximate surface area is 254 Å². The second-order valence-corrected chi connectivity index (χ2v) is 12.3. The van der Waals surface area contributed by atoms with Gasteiger partial charge in [0.15, 0.2) is 0 Å². The minimum Gasteiger partial charge on any atom is -0.457 e. The van der Waals surface area contributed by atoms with E-state index in [1.165, 1.54) is 11.3 Å². The van der Waals surface area contributed by atoms with Crippen LogP contribution in [-0.2, 0) is 4.79 Å². The van der Waals surface area contributed by atoms with E-state index in [4.69, 9.17) is 4.74 Å². The number of hydrogen-bond donors (Lipinski definition) is 3. The highest BCUT2D eigenvalue weighted by molar-refractivity contribution is 7.21. The third kappa shape index (κ3) is 6.04. The first-order valence-electron chi connectivity index (χ1n) is 14.4. The molecule has 1 fully saturated rings. The molecule has 0 bridgehead atoms. The van der Waals surface area contributed by atoms with Crippen molar-refractivity contribution in [2.75, 3.05) is 30.9 Å². The average Bonchev–Trinajstić information content (AvgIpc) is 3.34. The number of nitrogens with one attached hydrogen (secondary N) is 3. The molecule has 0 radical (unpaired) electrons. The standard InChI is InChI=1S/C32H34N6O4S/c1-19-16-23(42-22-10-5-4-6-11-22)12-13-24(19)38-25-14-15-33-31-27(25)28(36-32(38)41)29(43-31)30(40)35-21-9-7-8-20(17-21)34-26(39)18-37(2)3/h4-6,10-16,20-21H,7-9,17-18H2,1-3H3,(H,34,39)(H,35,40)(H,36,41)/t20-,21+/m0/s1. The summed E-state index contributed by atoms with van der Waals surface area (Å²) in [7, 11) is 3.72. The largest absolute Gasteiger partial charge is 0.457 e. The fraction of sp³-hybridized carbons (Fsp3) is 0.312. The molecule has 10 nitrogen and oxygen atoms in total. The third-order valence-electron chi connectivity index (χ3n) is 7.67. The highest BCUT2D eigenvalue weighted by atomic mass is 32.1. The van der Waals surface area contributed by atoms with Gasteiger partial charge in [-0.15, -0.1) is 11.3 Å². The predicted molar refractivity (Wildman–Crippen MR) is 169 cm³/mol. The van der Waals surface area contributed by atoms with Gasteiger partial charge in [0.1, 0.15) is 21.2 Å². The number of aromatic nitrogens is 1. The van der Waals surface area contributed by atoms with Gasteiger partial charge in [0.05, 0.1) is 29.0 Å². The number of carbonyl (C=O) groups excluding carboxylic acids is 3. The van der Waals surface area contributed by atoms with Gasteiger partial charge in [0, 0.05) is 18.3 Å². The van der Waals surface area contributed by atoms with Gasteiger partial charge in [0.25, 0.3) is 5.91 Å². The molecular formula is C32H34N6O4S. The second kappa shape index (κ2) is 12.0. The summed E-state index contributed by atoms with van der Waals surface area (Å²) in [6.45, 7) is 2.26. The molecule has 2 aromatic carbocycles. The number of carbonyl (C=O) groups is 3. The van der Waals surface area contributed by atoms with Crippen LogP contribution < -0.4 is 25.6 Å². The average molecular weight is 599 g/mol. The van der Waals surface area contributed by atoms with Crippen LogP contribution in [0.2, 0.25) is 0 Å². The Morgan fingerprint density at radius 1 is 1.05 bits per heavy atom. The van der Waals surface area contributed by atoms with Gasteiger partial charge in [-0.25, -0.2) is 9.78 Å². The zero-order valence-electron chi connectivity index (χ0n) is 24.3. The van der Waals surface area contributed by atoms with Crippen LogP contribution in [0, 0.1) is 6.92 Å². The molecule has 1 saturated carbocycles. The fourth-order valence-corrected chi connectivity index (χ4v) is 6.84. The normalized spacial score (nSPS) is 18.0. The lowest BCUT2D eigenvalue weighted by Gasteiger charge is -2.31. The van der Waals surface area contributed by atoms with Gasteiger partial charge in [-0.1, -0.05) is 18.2 Å². The summed E-state index contributed by atoms with van der Waals surface area (Å²) >= 11 is 1.26. The van der Waals surface area contributed by atoms with Crippen LogP contribution >= 0.6 is 11.3 Å². The fourth-order valence-electron chi connectivity index (χ4n) is 5.81. The molecule has 2 aromatic heterocycles. The number of anilines is 3. The van der Waals surface area contributed by atoms with Gasteiger partial charge in [-0.3, -0.25) is 14.5 Å². The zero-order valence-corrected chi connectivity index (χ0v) is 25.2. The Morgan fingerprint density at radius 3 is 2.56 bits per heavy atom. The van der Waals surface area contributed by atoms with Gasteiger partial charge in [-0.05, 0) is 88.7 Å². The minimum atomic E-state index is -0.353. The van der Waals surface area contributed by atoms with Crippen molar-refractivity contribution < 1.29 is 19.1 Å². The Kier molecular flexibility index (Phi) is 8.00. The topological polar surface area (TPSA) is 116 Å². The highest BCUT2D eigenvalue weighted by Crippen LogP contribution is 2.46. The summed E-state index contributed by atoms with van der Waals surface area (Å²) in [5, 5.41) is 9.96. The Hall–Kier alpha value is -4.48. The maximum Gasteiger partial charge on any atom is 0.331 e. The van der Waals surface area contributed by atoms with Gasteiger partial charge >= 0.3 is 6.03 Å². The van der Waals surface area contributed by atoms with E-state index in [2.05, 4.69) is 20.9 Å². The van der Waals surface area contributed by atoms with Crippen LogP contribution in [0.1, 0.15) is 40.9 Å². The summed E-state index contributed by atoms with van der Waals surface area (Å²) < 4.78 is 5.98. The van der Waals surface area contributed by atoms with Gasteiger partial charge in [0.2, 0.25) is 5.91 Å². The van der Waals surface area contributed by atoms with Crippen LogP contribution in [0.4, 0.5) is 21.9 Å². The van der Waals surface area contributed by atoms with Crippen LogP contribution in [0.25, 0.3) is 10.2 Å². The van der Waals surface area contributed by atoms with Crippen molar-refractivity contribution in [3.05, 3.63) is 71.2 Å². The lowest BCUT2D eigenvalue weighted by molar-refractivity contribution is -0.122. The first-order chi connectivity index (χ1) is 20.8.